The lowest BCUT2D eigenvalue weighted by Crippen LogP contribution is -2.47. The predicted molar refractivity (Wildman–Crippen MR) is 116 cm³/mol. The lowest BCUT2D eigenvalue weighted by Gasteiger charge is -2.33. The summed E-state index contributed by atoms with van der Waals surface area (Å²) in [5, 5.41) is 5.98. The number of nitrogens with one attached hydrogen (secondary N) is 2. The summed E-state index contributed by atoms with van der Waals surface area (Å²) in [4.78, 5) is 26.9. The number of rotatable bonds is 5. The fourth-order valence-electron chi connectivity index (χ4n) is 3.81. The molecule has 3 amide bonds. The first kappa shape index (κ1) is 20.9. The van der Waals surface area contributed by atoms with E-state index in [1.165, 1.54) is 5.56 Å². The summed E-state index contributed by atoms with van der Waals surface area (Å²) in [6.45, 7) is 7.97. The molecule has 2 aromatic rings. The number of carbonyl (C=O) groups excluding carboxylic acids is 2. The topological polar surface area (TPSA) is 61.4 Å². The van der Waals surface area contributed by atoms with Gasteiger partial charge in [-0.3, -0.25) is 4.79 Å². The molecule has 0 radical (unpaired) electrons. The third-order valence-corrected chi connectivity index (χ3v) is 5.28. The Morgan fingerprint density at radius 2 is 1.93 bits per heavy atom. The number of benzene rings is 2. The summed E-state index contributed by atoms with van der Waals surface area (Å²) in [5.41, 5.74) is 4.06. The molecule has 1 aliphatic heterocycles. The van der Waals surface area contributed by atoms with Crippen molar-refractivity contribution in [1.82, 2.24) is 15.5 Å². The third kappa shape index (κ3) is 5.83. The van der Waals surface area contributed by atoms with Gasteiger partial charge in [-0.15, -0.1) is 0 Å². The van der Waals surface area contributed by atoms with Crippen molar-refractivity contribution in [3.8, 4) is 0 Å². The van der Waals surface area contributed by atoms with E-state index in [-0.39, 0.29) is 23.9 Å². The Morgan fingerprint density at radius 3 is 2.69 bits per heavy atom. The van der Waals surface area contributed by atoms with E-state index in [1.54, 1.807) is 0 Å². The van der Waals surface area contributed by atoms with Crippen LogP contribution in [-0.2, 0) is 6.54 Å². The van der Waals surface area contributed by atoms with Crippen LogP contribution < -0.4 is 10.6 Å². The van der Waals surface area contributed by atoms with Gasteiger partial charge in [0, 0.05) is 37.2 Å². The van der Waals surface area contributed by atoms with Crippen LogP contribution in [0.3, 0.4) is 0 Å². The van der Waals surface area contributed by atoms with E-state index in [9.17, 15) is 9.59 Å². The van der Waals surface area contributed by atoms with Crippen LogP contribution in [0.4, 0.5) is 4.79 Å². The van der Waals surface area contributed by atoms with Crippen LogP contribution >= 0.6 is 0 Å². The zero-order valence-electron chi connectivity index (χ0n) is 17.6. The SMILES string of the molecule is Cc1cccc(CNC(=O)c2cccc(C3CCCN(C(=O)NC(C)C)C3)c2)c1. The average molecular weight is 394 g/mol. The number of piperidine rings is 1. The molecule has 1 atom stereocenters. The lowest BCUT2D eigenvalue weighted by molar-refractivity contribution is 0.0950. The van der Waals surface area contributed by atoms with E-state index < -0.39 is 0 Å². The molecule has 2 N–H and O–H groups in total. The van der Waals surface area contributed by atoms with Crippen molar-refractivity contribution in [2.75, 3.05) is 13.1 Å². The molecule has 1 heterocycles. The first-order valence-corrected chi connectivity index (χ1v) is 10.4. The fraction of sp³-hybridized carbons (Fsp3) is 0.417. The molecule has 0 bridgehead atoms. The second kappa shape index (κ2) is 9.59. The molecule has 1 saturated heterocycles. The van der Waals surface area contributed by atoms with Gasteiger partial charge in [0.15, 0.2) is 0 Å². The highest BCUT2D eigenvalue weighted by atomic mass is 16.2. The second-order valence-corrected chi connectivity index (χ2v) is 8.19. The molecule has 0 aromatic heterocycles. The first-order valence-electron chi connectivity index (χ1n) is 10.4. The molecule has 5 heteroatoms. The zero-order valence-corrected chi connectivity index (χ0v) is 17.6. The van der Waals surface area contributed by atoms with Crippen LogP contribution in [0.2, 0.25) is 0 Å². The summed E-state index contributed by atoms with van der Waals surface area (Å²) in [6, 6.07) is 16.1. The minimum absolute atomic E-state index is 0.00301. The van der Waals surface area contributed by atoms with Gasteiger partial charge < -0.3 is 15.5 Å². The number of hydrogen-bond donors (Lipinski definition) is 2. The zero-order chi connectivity index (χ0) is 20.8. The second-order valence-electron chi connectivity index (χ2n) is 8.19. The Bertz CT molecular complexity index is 863. The van der Waals surface area contributed by atoms with Gasteiger partial charge in [0.1, 0.15) is 0 Å². The van der Waals surface area contributed by atoms with Gasteiger partial charge >= 0.3 is 6.03 Å². The Balaban J connectivity index is 1.63. The molecule has 154 valence electrons. The molecule has 0 spiro atoms. The van der Waals surface area contributed by atoms with Gasteiger partial charge in [0.25, 0.3) is 5.91 Å². The van der Waals surface area contributed by atoms with E-state index in [0.717, 1.165) is 30.5 Å². The quantitative estimate of drug-likeness (QED) is 0.799. The number of urea groups is 1. The number of aryl methyl sites for hydroxylation is 1. The monoisotopic (exact) mass is 393 g/mol. The number of amides is 3. The van der Waals surface area contributed by atoms with Crippen molar-refractivity contribution in [2.45, 2.75) is 52.1 Å². The minimum atomic E-state index is -0.0708. The maximum Gasteiger partial charge on any atom is 0.317 e. The van der Waals surface area contributed by atoms with Crippen LogP contribution in [0.5, 0.6) is 0 Å². The Hall–Kier alpha value is -2.82. The standard InChI is InChI=1S/C24H31N3O2/c1-17(2)26-24(29)27-12-6-11-22(16-27)20-9-5-10-21(14-20)23(28)25-15-19-8-4-7-18(3)13-19/h4-5,7-10,13-14,17,22H,6,11-12,15-16H2,1-3H3,(H,25,28)(H,26,29). The molecule has 3 rings (SSSR count). The summed E-state index contributed by atoms with van der Waals surface area (Å²) < 4.78 is 0. The predicted octanol–water partition coefficient (Wildman–Crippen LogP) is 4.22. The summed E-state index contributed by atoms with van der Waals surface area (Å²) in [5.74, 6) is 0.185. The van der Waals surface area contributed by atoms with Crippen molar-refractivity contribution >= 4 is 11.9 Å². The maximum absolute atomic E-state index is 12.6. The van der Waals surface area contributed by atoms with E-state index in [4.69, 9.17) is 0 Å². The average Bonchev–Trinajstić information content (AvgIpc) is 2.72. The molecule has 5 nitrogen and oxygen atoms in total. The van der Waals surface area contributed by atoms with Crippen LogP contribution in [0, 0.1) is 6.92 Å². The highest BCUT2D eigenvalue weighted by Crippen LogP contribution is 2.27. The van der Waals surface area contributed by atoms with Crippen molar-refractivity contribution in [3.63, 3.8) is 0 Å². The van der Waals surface area contributed by atoms with E-state index in [2.05, 4.69) is 22.8 Å². The number of nitrogens with zero attached hydrogens (tertiary/aromatic N) is 1. The van der Waals surface area contributed by atoms with Crippen LogP contribution in [0.1, 0.15) is 59.7 Å². The van der Waals surface area contributed by atoms with Crippen LogP contribution in [0.25, 0.3) is 0 Å². The van der Waals surface area contributed by atoms with Gasteiger partial charge in [0.05, 0.1) is 0 Å². The van der Waals surface area contributed by atoms with Crippen molar-refractivity contribution in [1.29, 1.82) is 0 Å². The van der Waals surface area contributed by atoms with Crippen molar-refractivity contribution in [3.05, 3.63) is 70.8 Å². The molecule has 29 heavy (non-hydrogen) atoms. The molecule has 0 saturated carbocycles. The van der Waals surface area contributed by atoms with Gasteiger partial charge in [-0.05, 0) is 56.9 Å². The van der Waals surface area contributed by atoms with Crippen molar-refractivity contribution < 1.29 is 9.59 Å². The Morgan fingerprint density at radius 1 is 1.14 bits per heavy atom. The van der Waals surface area contributed by atoms with E-state index in [1.807, 2.05) is 62.1 Å². The molecule has 2 aromatic carbocycles. The molecule has 1 fully saturated rings. The number of likely N-dealkylation sites (tertiary alicyclic amines) is 1. The highest BCUT2D eigenvalue weighted by Gasteiger charge is 2.25. The smallest absolute Gasteiger partial charge is 0.317 e. The minimum Gasteiger partial charge on any atom is -0.348 e. The van der Waals surface area contributed by atoms with Crippen LogP contribution in [-0.4, -0.2) is 36.0 Å². The third-order valence-electron chi connectivity index (χ3n) is 5.28. The molecule has 1 unspecified atom stereocenters. The Kier molecular flexibility index (Phi) is 6.91. The fourth-order valence-corrected chi connectivity index (χ4v) is 3.81. The first-order chi connectivity index (χ1) is 13.9. The molecular weight excluding hydrogens is 362 g/mol. The van der Waals surface area contributed by atoms with E-state index >= 15 is 0 Å². The van der Waals surface area contributed by atoms with E-state index in [0.29, 0.717) is 18.7 Å². The summed E-state index contributed by atoms with van der Waals surface area (Å²) >= 11 is 0. The largest absolute Gasteiger partial charge is 0.348 e. The normalized spacial score (nSPS) is 16.6. The van der Waals surface area contributed by atoms with Gasteiger partial charge in [-0.25, -0.2) is 4.79 Å². The lowest BCUT2D eigenvalue weighted by atomic mass is 9.89. The Labute approximate surface area is 173 Å². The number of carbonyl (C=O) groups is 2. The van der Waals surface area contributed by atoms with Crippen molar-refractivity contribution in [2.24, 2.45) is 0 Å². The molecule has 0 aliphatic carbocycles. The van der Waals surface area contributed by atoms with Gasteiger partial charge in [-0.2, -0.15) is 0 Å². The van der Waals surface area contributed by atoms with Crippen LogP contribution in [0.15, 0.2) is 48.5 Å². The molecular formula is C24H31N3O2. The maximum atomic E-state index is 12.6. The summed E-state index contributed by atoms with van der Waals surface area (Å²) in [7, 11) is 0. The van der Waals surface area contributed by atoms with Gasteiger partial charge in [-0.1, -0.05) is 42.0 Å². The number of hydrogen-bond acceptors (Lipinski definition) is 2. The van der Waals surface area contributed by atoms with Gasteiger partial charge in [0.2, 0.25) is 0 Å². The summed E-state index contributed by atoms with van der Waals surface area (Å²) in [6.07, 6.45) is 2.00. The molecule has 1 aliphatic rings. The highest BCUT2D eigenvalue weighted by molar-refractivity contribution is 5.94.